The van der Waals surface area contributed by atoms with Crippen molar-refractivity contribution in [1.82, 2.24) is 0 Å². The van der Waals surface area contributed by atoms with Crippen LogP contribution in [0.3, 0.4) is 0 Å². The standard InChI is InChI=1S/C22H20N2O8/c1-31-21(25)19-15(13-7-3-5-9-17(13)23(27)28)11-12-16(20(19)22(26)32-2)14-8-4-6-10-18(14)24(29)30/h3-12,15-16,19-20H,1-2H3/t15-,16-,19+,20+/m0/s1. The molecule has 0 aromatic heterocycles. The van der Waals surface area contributed by atoms with Gasteiger partial charge in [-0.1, -0.05) is 48.6 Å². The summed E-state index contributed by atoms with van der Waals surface area (Å²) in [5, 5.41) is 23.2. The molecule has 10 heteroatoms. The number of methoxy groups -OCH3 is 2. The van der Waals surface area contributed by atoms with Crippen LogP contribution in [0.15, 0.2) is 60.7 Å². The highest BCUT2D eigenvalue weighted by Crippen LogP contribution is 2.48. The lowest BCUT2D eigenvalue weighted by Gasteiger charge is -2.36. The number of nitro groups is 2. The Kier molecular flexibility index (Phi) is 6.62. The van der Waals surface area contributed by atoms with Gasteiger partial charge in [0.25, 0.3) is 11.4 Å². The molecule has 2 aromatic rings. The van der Waals surface area contributed by atoms with Crippen LogP contribution in [-0.2, 0) is 19.1 Å². The number of ether oxygens (including phenoxy) is 2. The number of carbonyl (C=O) groups excluding carboxylic acids is 2. The van der Waals surface area contributed by atoms with E-state index in [1.54, 1.807) is 24.3 Å². The van der Waals surface area contributed by atoms with Crippen LogP contribution in [-0.4, -0.2) is 36.0 Å². The van der Waals surface area contributed by atoms with E-state index >= 15 is 0 Å². The van der Waals surface area contributed by atoms with E-state index in [4.69, 9.17) is 9.47 Å². The highest BCUT2D eigenvalue weighted by atomic mass is 16.6. The predicted octanol–water partition coefficient (Wildman–Crippen LogP) is 3.52. The fraction of sp³-hybridized carbons (Fsp3) is 0.273. The van der Waals surface area contributed by atoms with E-state index in [1.807, 2.05) is 0 Å². The molecule has 166 valence electrons. The molecule has 2 aromatic carbocycles. The van der Waals surface area contributed by atoms with Crippen molar-refractivity contribution in [1.29, 1.82) is 0 Å². The number of carbonyl (C=O) groups is 2. The van der Waals surface area contributed by atoms with Gasteiger partial charge in [-0.2, -0.15) is 0 Å². The molecular weight excluding hydrogens is 420 g/mol. The summed E-state index contributed by atoms with van der Waals surface area (Å²) < 4.78 is 9.89. The number of rotatable bonds is 6. The van der Waals surface area contributed by atoms with Crippen LogP contribution >= 0.6 is 0 Å². The zero-order valence-corrected chi connectivity index (χ0v) is 17.2. The summed E-state index contributed by atoms with van der Waals surface area (Å²) >= 11 is 0. The van der Waals surface area contributed by atoms with E-state index in [0.717, 1.165) is 14.2 Å². The molecule has 3 rings (SSSR count). The van der Waals surface area contributed by atoms with E-state index < -0.39 is 45.5 Å². The van der Waals surface area contributed by atoms with Crippen LogP contribution in [0.1, 0.15) is 23.0 Å². The van der Waals surface area contributed by atoms with Crippen molar-refractivity contribution < 1.29 is 28.9 Å². The Labute approximate surface area is 182 Å². The fourth-order valence-corrected chi connectivity index (χ4v) is 4.25. The van der Waals surface area contributed by atoms with Crippen LogP contribution in [0.4, 0.5) is 11.4 Å². The van der Waals surface area contributed by atoms with Gasteiger partial charge in [0.2, 0.25) is 0 Å². The lowest BCUT2D eigenvalue weighted by molar-refractivity contribution is -0.386. The lowest BCUT2D eigenvalue weighted by Crippen LogP contribution is -2.41. The van der Waals surface area contributed by atoms with Gasteiger partial charge in [-0.15, -0.1) is 0 Å². The van der Waals surface area contributed by atoms with Crippen molar-refractivity contribution in [3.05, 3.63) is 92.0 Å². The maximum absolute atomic E-state index is 12.9. The molecule has 1 aliphatic carbocycles. The Balaban J connectivity index is 2.25. The maximum atomic E-state index is 12.9. The molecule has 32 heavy (non-hydrogen) atoms. The van der Waals surface area contributed by atoms with Crippen molar-refractivity contribution in [2.45, 2.75) is 11.8 Å². The lowest BCUT2D eigenvalue weighted by atomic mass is 9.66. The van der Waals surface area contributed by atoms with Crippen LogP contribution in [0.25, 0.3) is 0 Å². The van der Waals surface area contributed by atoms with Gasteiger partial charge in [0, 0.05) is 35.1 Å². The topological polar surface area (TPSA) is 139 Å². The number of benzene rings is 2. The third-order valence-corrected chi connectivity index (χ3v) is 5.62. The second-order valence-electron chi connectivity index (χ2n) is 7.17. The Morgan fingerprint density at radius 3 is 1.38 bits per heavy atom. The number of hydrogen-bond donors (Lipinski definition) is 0. The van der Waals surface area contributed by atoms with Gasteiger partial charge in [-0.05, 0) is 0 Å². The van der Waals surface area contributed by atoms with Gasteiger partial charge in [0.15, 0.2) is 0 Å². The molecule has 0 aliphatic heterocycles. The van der Waals surface area contributed by atoms with Crippen molar-refractivity contribution in [3.63, 3.8) is 0 Å². The largest absolute Gasteiger partial charge is 0.469 e. The first-order valence-electron chi connectivity index (χ1n) is 9.62. The van der Waals surface area contributed by atoms with Gasteiger partial charge in [0.1, 0.15) is 0 Å². The second-order valence-corrected chi connectivity index (χ2v) is 7.17. The molecule has 0 spiro atoms. The molecule has 0 bridgehead atoms. The van der Waals surface area contributed by atoms with Crippen molar-refractivity contribution in [2.24, 2.45) is 11.8 Å². The van der Waals surface area contributed by atoms with E-state index in [2.05, 4.69) is 0 Å². The highest BCUT2D eigenvalue weighted by molar-refractivity contribution is 5.85. The molecular formula is C22H20N2O8. The number of esters is 2. The number of allylic oxidation sites excluding steroid dienone is 2. The van der Waals surface area contributed by atoms with Gasteiger partial charge in [-0.3, -0.25) is 29.8 Å². The smallest absolute Gasteiger partial charge is 0.310 e. The number of nitro benzene ring substituents is 2. The summed E-state index contributed by atoms with van der Waals surface area (Å²) in [6.07, 6.45) is 3.12. The summed E-state index contributed by atoms with van der Waals surface area (Å²) in [6, 6.07) is 11.8. The minimum Gasteiger partial charge on any atom is -0.469 e. The normalized spacial score (nSPS) is 22.1. The molecule has 0 radical (unpaired) electrons. The molecule has 0 amide bonds. The van der Waals surface area contributed by atoms with Crippen molar-refractivity contribution in [2.75, 3.05) is 14.2 Å². The molecule has 0 N–H and O–H groups in total. The Morgan fingerprint density at radius 1 is 0.719 bits per heavy atom. The van der Waals surface area contributed by atoms with Gasteiger partial charge >= 0.3 is 11.9 Å². The highest BCUT2D eigenvalue weighted by Gasteiger charge is 2.49. The average Bonchev–Trinajstić information content (AvgIpc) is 2.81. The molecule has 4 atom stereocenters. The Hall–Kier alpha value is -4.08. The van der Waals surface area contributed by atoms with Crippen LogP contribution < -0.4 is 0 Å². The Morgan fingerprint density at radius 2 is 1.06 bits per heavy atom. The number of para-hydroxylation sites is 2. The summed E-state index contributed by atoms with van der Waals surface area (Å²) in [4.78, 5) is 47.8. The first-order chi connectivity index (χ1) is 15.3. The second kappa shape index (κ2) is 9.38. The molecule has 0 fully saturated rings. The van der Waals surface area contributed by atoms with Gasteiger partial charge < -0.3 is 9.47 Å². The third-order valence-electron chi connectivity index (χ3n) is 5.62. The predicted molar refractivity (Wildman–Crippen MR) is 112 cm³/mol. The minimum atomic E-state index is -1.21. The summed E-state index contributed by atoms with van der Waals surface area (Å²) in [7, 11) is 2.29. The molecule has 0 saturated carbocycles. The minimum absolute atomic E-state index is 0.219. The summed E-state index contributed by atoms with van der Waals surface area (Å²) in [5.74, 6) is -5.74. The van der Waals surface area contributed by atoms with Gasteiger partial charge in [0.05, 0.1) is 35.9 Å². The van der Waals surface area contributed by atoms with Crippen molar-refractivity contribution >= 4 is 23.3 Å². The van der Waals surface area contributed by atoms with Crippen molar-refractivity contribution in [3.8, 4) is 0 Å². The zero-order chi connectivity index (χ0) is 23.4. The molecule has 0 unspecified atom stereocenters. The van der Waals surface area contributed by atoms with E-state index in [9.17, 15) is 29.8 Å². The van der Waals surface area contributed by atoms with Gasteiger partial charge in [-0.25, -0.2) is 0 Å². The van der Waals surface area contributed by atoms with E-state index in [1.165, 1.54) is 36.4 Å². The quantitative estimate of drug-likeness (QED) is 0.288. The summed E-state index contributed by atoms with van der Waals surface area (Å²) in [6.45, 7) is 0. The molecule has 0 saturated heterocycles. The Bertz CT molecular complexity index is 1010. The van der Waals surface area contributed by atoms with E-state index in [-0.39, 0.29) is 22.5 Å². The zero-order valence-electron chi connectivity index (χ0n) is 17.2. The maximum Gasteiger partial charge on any atom is 0.310 e. The first-order valence-corrected chi connectivity index (χ1v) is 9.62. The molecule has 10 nitrogen and oxygen atoms in total. The monoisotopic (exact) mass is 440 g/mol. The number of nitrogens with zero attached hydrogens (tertiary/aromatic N) is 2. The van der Waals surface area contributed by atoms with Crippen LogP contribution in [0.5, 0.6) is 0 Å². The van der Waals surface area contributed by atoms with Crippen LogP contribution in [0, 0.1) is 32.1 Å². The van der Waals surface area contributed by atoms with Crippen LogP contribution in [0.2, 0.25) is 0 Å². The summed E-state index contributed by atoms with van der Waals surface area (Å²) in [5.41, 5.74) is 0.00532. The fourth-order valence-electron chi connectivity index (χ4n) is 4.25. The first kappa shape index (κ1) is 22.6. The van der Waals surface area contributed by atoms with E-state index in [0.29, 0.717) is 0 Å². The number of hydrogen-bond acceptors (Lipinski definition) is 8. The SMILES string of the molecule is COC(=O)[C@H]1[C@H](C(=O)OC)[C@H](c2ccccc2[N+](=O)[O-])C=C[C@H]1c1ccccc1[N+](=O)[O-]. The molecule has 1 aliphatic rings. The average molecular weight is 440 g/mol. The third kappa shape index (κ3) is 4.07. The molecule has 0 heterocycles.